The van der Waals surface area contributed by atoms with Gasteiger partial charge in [0.1, 0.15) is 0 Å². The molecule has 0 unspecified atom stereocenters. The van der Waals surface area contributed by atoms with Gasteiger partial charge in [-0.25, -0.2) is 0 Å². The number of nitrogens with one attached hydrogen (secondary N) is 2. The molecule has 0 fully saturated rings. The molecule has 0 aliphatic carbocycles. The molecule has 0 spiro atoms. The highest BCUT2D eigenvalue weighted by Crippen LogP contribution is 2.34. The SMILES string of the molecule is O=C(NCc1ccccc1)c1cccc(C(=O)Nc2ccc3c(c2)OCO3)c1. The van der Waals surface area contributed by atoms with Crippen LogP contribution in [-0.2, 0) is 6.54 Å². The lowest BCUT2D eigenvalue weighted by molar-refractivity contribution is 0.0951. The molecule has 0 atom stereocenters. The van der Waals surface area contributed by atoms with Crippen LogP contribution in [0.2, 0.25) is 0 Å². The van der Waals surface area contributed by atoms with E-state index in [1.807, 2.05) is 30.3 Å². The predicted molar refractivity (Wildman–Crippen MR) is 105 cm³/mol. The van der Waals surface area contributed by atoms with Crippen molar-refractivity contribution in [1.82, 2.24) is 5.32 Å². The van der Waals surface area contributed by atoms with Crippen LogP contribution in [0.4, 0.5) is 5.69 Å². The monoisotopic (exact) mass is 374 g/mol. The van der Waals surface area contributed by atoms with Gasteiger partial charge in [0.25, 0.3) is 11.8 Å². The number of carbonyl (C=O) groups excluding carboxylic acids is 2. The summed E-state index contributed by atoms with van der Waals surface area (Å²) >= 11 is 0. The zero-order chi connectivity index (χ0) is 19.3. The minimum absolute atomic E-state index is 0.173. The van der Waals surface area contributed by atoms with Gasteiger partial charge in [0.15, 0.2) is 11.5 Å². The van der Waals surface area contributed by atoms with Crippen molar-refractivity contribution in [3.8, 4) is 11.5 Å². The minimum atomic E-state index is -0.309. The first-order valence-corrected chi connectivity index (χ1v) is 8.82. The molecule has 6 heteroatoms. The molecule has 1 aliphatic rings. The largest absolute Gasteiger partial charge is 0.454 e. The normalized spacial score (nSPS) is 11.7. The fourth-order valence-corrected chi connectivity index (χ4v) is 2.86. The van der Waals surface area contributed by atoms with Crippen LogP contribution in [0, 0.1) is 0 Å². The van der Waals surface area contributed by atoms with Crippen LogP contribution in [0.25, 0.3) is 0 Å². The number of benzene rings is 3. The Morgan fingerprint density at radius 1 is 0.786 bits per heavy atom. The highest BCUT2D eigenvalue weighted by atomic mass is 16.7. The van der Waals surface area contributed by atoms with Crippen LogP contribution in [0.3, 0.4) is 0 Å². The van der Waals surface area contributed by atoms with E-state index in [2.05, 4.69) is 10.6 Å². The van der Waals surface area contributed by atoms with Crippen molar-refractivity contribution in [3.63, 3.8) is 0 Å². The lowest BCUT2D eigenvalue weighted by atomic mass is 10.1. The molecular weight excluding hydrogens is 356 g/mol. The smallest absolute Gasteiger partial charge is 0.255 e. The molecule has 0 bridgehead atoms. The van der Waals surface area contributed by atoms with Crippen molar-refractivity contribution in [2.45, 2.75) is 6.54 Å². The second kappa shape index (κ2) is 7.84. The number of hydrogen-bond acceptors (Lipinski definition) is 4. The van der Waals surface area contributed by atoms with Crippen molar-refractivity contribution in [1.29, 1.82) is 0 Å². The molecule has 3 aromatic carbocycles. The second-order valence-electron chi connectivity index (χ2n) is 6.27. The molecule has 140 valence electrons. The van der Waals surface area contributed by atoms with Crippen LogP contribution in [0.15, 0.2) is 72.8 Å². The molecule has 6 nitrogen and oxygen atoms in total. The maximum absolute atomic E-state index is 12.6. The quantitative estimate of drug-likeness (QED) is 0.715. The summed E-state index contributed by atoms with van der Waals surface area (Å²) in [7, 11) is 0. The molecular formula is C22H18N2O4. The van der Waals surface area contributed by atoms with Crippen LogP contribution in [0.1, 0.15) is 26.3 Å². The Hall–Kier alpha value is -3.80. The fourth-order valence-electron chi connectivity index (χ4n) is 2.86. The Morgan fingerprint density at radius 2 is 1.54 bits per heavy atom. The highest BCUT2D eigenvalue weighted by Gasteiger charge is 2.15. The first-order chi connectivity index (χ1) is 13.7. The summed E-state index contributed by atoms with van der Waals surface area (Å²) in [6.45, 7) is 0.597. The molecule has 0 aromatic heterocycles. The van der Waals surface area contributed by atoms with Crippen molar-refractivity contribution in [3.05, 3.63) is 89.5 Å². The van der Waals surface area contributed by atoms with Crippen LogP contribution >= 0.6 is 0 Å². The summed E-state index contributed by atoms with van der Waals surface area (Å²) in [6.07, 6.45) is 0. The third kappa shape index (κ3) is 3.96. The zero-order valence-electron chi connectivity index (χ0n) is 15.0. The van der Waals surface area contributed by atoms with Gasteiger partial charge in [0, 0.05) is 29.4 Å². The number of fused-ring (bicyclic) bond motifs is 1. The van der Waals surface area contributed by atoms with Crippen LogP contribution < -0.4 is 20.1 Å². The molecule has 1 heterocycles. The van der Waals surface area contributed by atoms with Crippen LogP contribution in [-0.4, -0.2) is 18.6 Å². The van der Waals surface area contributed by atoms with Gasteiger partial charge in [0.05, 0.1) is 0 Å². The molecule has 0 saturated carbocycles. The van der Waals surface area contributed by atoms with Gasteiger partial charge < -0.3 is 20.1 Å². The van der Waals surface area contributed by atoms with Gasteiger partial charge in [-0.15, -0.1) is 0 Å². The number of ether oxygens (including phenoxy) is 2. The Kier molecular flexibility index (Phi) is 4.93. The van der Waals surface area contributed by atoms with Crippen LogP contribution in [0.5, 0.6) is 11.5 Å². The molecule has 3 aromatic rings. The molecule has 0 saturated heterocycles. The maximum Gasteiger partial charge on any atom is 0.255 e. The Bertz CT molecular complexity index is 1020. The number of carbonyl (C=O) groups is 2. The zero-order valence-corrected chi connectivity index (χ0v) is 15.0. The topological polar surface area (TPSA) is 76.7 Å². The summed E-state index contributed by atoms with van der Waals surface area (Å²) in [4.78, 5) is 25.0. The van der Waals surface area contributed by atoms with E-state index in [4.69, 9.17) is 9.47 Å². The first-order valence-electron chi connectivity index (χ1n) is 8.82. The minimum Gasteiger partial charge on any atom is -0.454 e. The van der Waals surface area contributed by atoms with E-state index in [1.54, 1.807) is 42.5 Å². The Labute approximate surface area is 162 Å². The van der Waals surface area contributed by atoms with E-state index < -0.39 is 0 Å². The van der Waals surface area contributed by atoms with E-state index in [-0.39, 0.29) is 18.6 Å². The molecule has 28 heavy (non-hydrogen) atoms. The molecule has 2 N–H and O–H groups in total. The summed E-state index contributed by atoms with van der Waals surface area (Å²) in [6, 6.07) is 21.4. The number of anilines is 1. The molecule has 4 rings (SSSR count). The predicted octanol–water partition coefficient (Wildman–Crippen LogP) is 3.60. The van der Waals surface area contributed by atoms with E-state index in [0.717, 1.165) is 5.56 Å². The van der Waals surface area contributed by atoms with E-state index in [9.17, 15) is 9.59 Å². The van der Waals surface area contributed by atoms with Gasteiger partial charge in [0.2, 0.25) is 6.79 Å². The lowest BCUT2D eigenvalue weighted by Gasteiger charge is -2.09. The number of amides is 2. The highest BCUT2D eigenvalue weighted by molar-refractivity contribution is 6.06. The average Bonchev–Trinajstić information content (AvgIpc) is 3.21. The van der Waals surface area contributed by atoms with E-state index >= 15 is 0 Å². The van der Waals surface area contributed by atoms with Crippen molar-refractivity contribution < 1.29 is 19.1 Å². The standard InChI is InChI=1S/C22H18N2O4/c25-21(23-13-15-5-2-1-3-6-15)16-7-4-8-17(11-16)22(26)24-18-9-10-19-20(12-18)28-14-27-19/h1-12H,13-14H2,(H,23,25)(H,24,26). The molecule has 2 amide bonds. The van der Waals surface area contributed by atoms with Crippen molar-refractivity contribution in [2.75, 3.05) is 12.1 Å². The fraction of sp³-hybridized carbons (Fsp3) is 0.0909. The van der Waals surface area contributed by atoms with E-state index in [1.165, 1.54) is 0 Å². The Morgan fingerprint density at radius 3 is 2.36 bits per heavy atom. The number of hydrogen-bond donors (Lipinski definition) is 2. The molecule has 0 radical (unpaired) electrons. The average molecular weight is 374 g/mol. The lowest BCUT2D eigenvalue weighted by Crippen LogP contribution is -2.23. The maximum atomic E-state index is 12.6. The van der Waals surface area contributed by atoms with Crippen molar-refractivity contribution >= 4 is 17.5 Å². The van der Waals surface area contributed by atoms with Gasteiger partial charge in [-0.1, -0.05) is 36.4 Å². The second-order valence-corrected chi connectivity index (χ2v) is 6.27. The summed E-state index contributed by atoms with van der Waals surface area (Å²) in [5.74, 6) is 0.695. The summed E-state index contributed by atoms with van der Waals surface area (Å²) in [5.41, 5.74) is 2.42. The van der Waals surface area contributed by atoms with Gasteiger partial charge in [-0.2, -0.15) is 0 Å². The summed E-state index contributed by atoms with van der Waals surface area (Å²) < 4.78 is 10.6. The van der Waals surface area contributed by atoms with Gasteiger partial charge >= 0.3 is 0 Å². The molecule has 1 aliphatic heterocycles. The van der Waals surface area contributed by atoms with E-state index in [0.29, 0.717) is 34.9 Å². The van der Waals surface area contributed by atoms with Gasteiger partial charge in [-0.05, 0) is 35.9 Å². The van der Waals surface area contributed by atoms with Crippen molar-refractivity contribution in [2.24, 2.45) is 0 Å². The Balaban J connectivity index is 1.42. The third-order valence-electron chi connectivity index (χ3n) is 4.31. The van der Waals surface area contributed by atoms with Gasteiger partial charge in [-0.3, -0.25) is 9.59 Å². The third-order valence-corrected chi connectivity index (χ3v) is 4.31. The summed E-state index contributed by atoms with van der Waals surface area (Å²) in [5, 5.41) is 5.66. The first kappa shape index (κ1) is 17.6. The number of rotatable bonds is 5.